The summed E-state index contributed by atoms with van der Waals surface area (Å²) in [6.07, 6.45) is 1.80. The standard InChI is InChI=1S/C11H20BrN3O/c1-11(2,3)16-7-9(13-4)10-8(12)6-14-15(10)5/h6,9,13H,7H2,1-5H3. The quantitative estimate of drug-likeness (QED) is 0.924. The van der Waals surface area contributed by atoms with E-state index in [0.717, 1.165) is 10.2 Å². The Labute approximate surface area is 105 Å². The number of hydrogen-bond acceptors (Lipinski definition) is 3. The third kappa shape index (κ3) is 3.57. The summed E-state index contributed by atoms with van der Waals surface area (Å²) in [7, 11) is 3.86. The summed E-state index contributed by atoms with van der Waals surface area (Å²) in [6.45, 7) is 6.78. The fraction of sp³-hybridized carbons (Fsp3) is 0.727. The van der Waals surface area contributed by atoms with Crippen LogP contribution in [0.4, 0.5) is 0 Å². The molecule has 1 heterocycles. The third-order valence-electron chi connectivity index (χ3n) is 2.30. The molecule has 0 saturated heterocycles. The molecule has 0 fully saturated rings. The minimum Gasteiger partial charge on any atom is -0.374 e. The molecule has 5 heteroatoms. The fourth-order valence-corrected chi connectivity index (χ4v) is 2.07. The van der Waals surface area contributed by atoms with E-state index in [9.17, 15) is 0 Å². The molecule has 1 aromatic rings. The van der Waals surface area contributed by atoms with Crippen molar-refractivity contribution in [2.75, 3.05) is 13.7 Å². The van der Waals surface area contributed by atoms with Crippen molar-refractivity contribution < 1.29 is 4.74 Å². The lowest BCUT2D eigenvalue weighted by Gasteiger charge is -2.24. The van der Waals surface area contributed by atoms with Crippen molar-refractivity contribution in [2.24, 2.45) is 7.05 Å². The van der Waals surface area contributed by atoms with Crippen LogP contribution in [0.3, 0.4) is 0 Å². The molecule has 16 heavy (non-hydrogen) atoms. The molecule has 1 aromatic heterocycles. The average Bonchev–Trinajstić information content (AvgIpc) is 2.48. The minimum atomic E-state index is -0.125. The molecule has 4 nitrogen and oxygen atoms in total. The van der Waals surface area contributed by atoms with Crippen LogP contribution < -0.4 is 5.32 Å². The molecule has 0 bridgehead atoms. The van der Waals surface area contributed by atoms with E-state index in [4.69, 9.17) is 4.74 Å². The number of aromatic nitrogens is 2. The summed E-state index contributed by atoms with van der Waals surface area (Å²) in [4.78, 5) is 0. The van der Waals surface area contributed by atoms with Gasteiger partial charge in [0.25, 0.3) is 0 Å². The second kappa shape index (κ2) is 5.29. The van der Waals surface area contributed by atoms with Crippen LogP contribution in [0.15, 0.2) is 10.7 Å². The van der Waals surface area contributed by atoms with Gasteiger partial charge in [-0.05, 0) is 43.7 Å². The van der Waals surface area contributed by atoms with Crippen molar-refractivity contribution in [3.63, 3.8) is 0 Å². The third-order valence-corrected chi connectivity index (χ3v) is 2.91. The maximum Gasteiger partial charge on any atom is 0.0738 e. The predicted molar refractivity (Wildman–Crippen MR) is 68.4 cm³/mol. The normalized spacial score (nSPS) is 14.1. The van der Waals surface area contributed by atoms with Gasteiger partial charge in [0, 0.05) is 7.05 Å². The molecule has 0 spiro atoms. The van der Waals surface area contributed by atoms with E-state index >= 15 is 0 Å². The molecular formula is C11H20BrN3O. The summed E-state index contributed by atoms with van der Waals surface area (Å²) in [5.74, 6) is 0. The highest BCUT2D eigenvalue weighted by atomic mass is 79.9. The van der Waals surface area contributed by atoms with E-state index < -0.39 is 0 Å². The first-order valence-electron chi connectivity index (χ1n) is 5.34. The lowest BCUT2D eigenvalue weighted by molar-refractivity contribution is -0.0149. The largest absolute Gasteiger partial charge is 0.374 e. The summed E-state index contributed by atoms with van der Waals surface area (Å²) < 4.78 is 8.66. The van der Waals surface area contributed by atoms with Gasteiger partial charge in [0.15, 0.2) is 0 Å². The van der Waals surface area contributed by atoms with Crippen LogP contribution in [0.25, 0.3) is 0 Å². The van der Waals surface area contributed by atoms with Gasteiger partial charge >= 0.3 is 0 Å². The Kier molecular flexibility index (Phi) is 4.52. The number of hydrogen-bond donors (Lipinski definition) is 1. The van der Waals surface area contributed by atoms with Gasteiger partial charge in [-0.25, -0.2) is 0 Å². The van der Waals surface area contributed by atoms with Gasteiger partial charge in [-0.3, -0.25) is 4.68 Å². The summed E-state index contributed by atoms with van der Waals surface area (Å²) >= 11 is 3.50. The van der Waals surface area contributed by atoms with E-state index in [2.05, 4.69) is 47.1 Å². The van der Waals surface area contributed by atoms with Crippen LogP contribution in [0.2, 0.25) is 0 Å². The molecule has 1 unspecified atom stereocenters. The Morgan fingerprint density at radius 2 is 2.19 bits per heavy atom. The monoisotopic (exact) mass is 289 g/mol. The summed E-state index contributed by atoms with van der Waals surface area (Å²) in [5, 5.41) is 7.45. The Morgan fingerprint density at radius 3 is 2.56 bits per heavy atom. The highest BCUT2D eigenvalue weighted by Gasteiger charge is 2.20. The molecule has 0 aliphatic heterocycles. The second-order valence-corrected chi connectivity index (χ2v) is 5.62. The topological polar surface area (TPSA) is 39.1 Å². The summed E-state index contributed by atoms with van der Waals surface area (Å²) in [5.41, 5.74) is 0.979. The maximum atomic E-state index is 5.79. The first-order chi connectivity index (χ1) is 7.35. The number of nitrogens with zero attached hydrogens (tertiary/aromatic N) is 2. The van der Waals surface area contributed by atoms with E-state index in [1.54, 1.807) is 6.20 Å². The average molecular weight is 290 g/mol. The van der Waals surface area contributed by atoms with Crippen molar-refractivity contribution in [1.82, 2.24) is 15.1 Å². The summed E-state index contributed by atoms with van der Waals surface area (Å²) in [6, 6.07) is 0.140. The van der Waals surface area contributed by atoms with E-state index in [1.165, 1.54) is 0 Å². The van der Waals surface area contributed by atoms with E-state index in [-0.39, 0.29) is 11.6 Å². The highest BCUT2D eigenvalue weighted by molar-refractivity contribution is 9.10. The van der Waals surface area contributed by atoms with Crippen LogP contribution >= 0.6 is 15.9 Å². The van der Waals surface area contributed by atoms with Crippen molar-refractivity contribution >= 4 is 15.9 Å². The zero-order valence-corrected chi connectivity index (χ0v) is 12.1. The Balaban J connectivity index is 2.75. The maximum absolute atomic E-state index is 5.79. The molecule has 1 N–H and O–H groups in total. The van der Waals surface area contributed by atoms with Crippen molar-refractivity contribution in [3.05, 3.63) is 16.4 Å². The minimum absolute atomic E-state index is 0.125. The zero-order chi connectivity index (χ0) is 12.3. The van der Waals surface area contributed by atoms with Gasteiger partial charge in [-0.1, -0.05) is 0 Å². The van der Waals surface area contributed by atoms with Crippen LogP contribution in [0, 0.1) is 0 Å². The zero-order valence-electron chi connectivity index (χ0n) is 10.5. The molecule has 0 amide bonds. The lowest BCUT2D eigenvalue weighted by Crippen LogP contribution is -2.29. The number of ether oxygens (including phenoxy) is 1. The molecule has 1 rings (SSSR count). The van der Waals surface area contributed by atoms with Gasteiger partial charge < -0.3 is 10.1 Å². The van der Waals surface area contributed by atoms with E-state index in [0.29, 0.717) is 6.61 Å². The number of aryl methyl sites for hydroxylation is 1. The van der Waals surface area contributed by atoms with E-state index in [1.807, 2.05) is 18.8 Å². The second-order valence-electron chi connectivity index (χ2n) is 4.77. The van der Waals surface area contributed by atoms with Crippen LogP contribution in [0.5, 0.6) is 0 Å². The molecule has 0 aliphatic carbocycles. The van der Waals surface area contributed by atoms with Crippen molar-refractivity contribution in [3.8, 4) is 0 Å². The van der Waals surface area contributed by atoms with Gasteiger partial charge in [0.2, 0.25) is 0 Å². The SMILES string of the molecule is CNC(COC(C)(C)C)c1c(Br)cnn1C. The molecular weight excluding hydrogens is 270 g/mol. The smallest absolute Gasteiger partial charge is 0.0738 e. The Hall–Kier alpha value is -0.390. The number of likely N-dealkylation sites (N-methyl/N-ethyl adjacent to an activating group) is 1. The van der Waals surface area contributed by atoms with Crippen LogP contribution in [0.1, 0.15) is 32.5 Å². The fourth-order valence-electron chi connectivity index (χ4n) is 1.44. The molecule has 0 radical (unpaired) electrons. The van der Waals surface area contributed by atoms with Gasteiger partial charge in [-0.2, -0.15) is 5.10 Å². The lowest BCUT2D eigenvalue weighted by atomic mass is 10.1. The Morgan fingerprint density at radius 1 is 1.56 bits per heavy atom. The molecule has 0 aromatic carbocycles. The van der Waals surface area contributed by atoms with Crippen molar-refractivity contribution in [2.45, 2.75) is 32.4 Å². The molecule has 1 atom stereocenters. The predicted octanol–water partition coefficient (Wildman–Crippen LogP) is 2.26. The first-order valence-corrected chi connectivity index (χ1v) is 6.13. The number of nitrogens with one attached hydrogen (secondary N) is 1. The van der Waals surface area contributed by atoms with Gasteiger partial charge in [-0.15, -0.1) is 0 Å². The van der Waals surface area contributed by atoms with Gasteiger partial charge in [0.1, 0.15) is 0 Å². The molecule has 92 valence electrons. The van der Waals surface area contributed by atoms with Crippen molar-refractivity contribution in [1.29, 1.82) is 0 Å². The Bertz CT molecular complexity index is 324. The van der Waals surface area contributed by atoms with Crippen LogP contribution in [-0.2, 0) is 11.8 Å². The number of rotatable bonds is 4. The van der Waals surface area contributed by atoms with Crippen LogP contribution in [-0.4, -0.2) is 29.0 Å². The first kappa shape index (κ1) is 13.7. The van der Waals surface area contributed by atoms with Gasteiger partial charge in [0.05, 0.1) is 34.6 Å². The highest BCUT2D eigenvalue weighted by Crippen LogP contribution is 2.23. The molecule has 0 saturated carbocycles. The molecule has 0 aliphatic rings. The number of halogens is 1.